The third-order valence-electron chi connectivity index (χ3n) is 3.74. The molecule has 136 valence electrons. The van der Waals surface area contributed by atoms with E-state index < -0.39 is 5.38 Å². The number of aromatic amines is 1. The normalized spacial score (nSPS) is 12.3. The number of amides is 1. The van der Waals surface area contributed by atoms with Crippen molar-refractivity contribution in [3.05, 3.63) is 56.3 Å². The number of fused-ring (bicyclic) bond motifs is 1. The smallest absolute Gasteiger partial charge is 0.230 e. The fourth-order valence-electron chi connectivity index (χ4n) is 2.61. The lowest BCUT2D eigenvalue weighted by Gasteiger charge is -2.15. The van der Waals surface area contributed by atoms with Crippen molar-refractivity contribution in [3.63, 3.8) is 0 Å². The number of carbonyl (C=O) groups is 1. The maximum atomic E-state index is 13.0. The van der Waals surface area contributed by atoms with Crippen molar-refractivity contribution >= 4 is 56.5 Å². The van der Waals surface area contributed by atoms with Crippen molar-refractivity contribution in [2.45, 2.75) is 11.8 Å². The second-order valence-corrected chi connectivity index (χ2v) is 7.38. The number of hydrogen-bond acceptors (Lipinski definition) is 5. The summed E-state index contributed by atoms with van der Waals surface area (Å²) in [5, 5.41) is 5.22. The lowest BCUT2D eigenvalue weighted by atomic mass is 10.0. The SMILES string of the molecule is COCC(Cl)c1[nH]c2cc(Cl)ccc2c(=O)c1CC(=O)Nc1nccs1. The van der Waals surface area contributed by atoms with E-state index in [9.17, 15) is 9.59 Å². The van der Waals surface area contributed by atoms with Crippen LogP contribution in [0.3, 0.4) is 0 Å². The van der Waals surface area contributed by atoms with Crippen molar-refractivity contribution in [1.29, 1.82) is 0 Å². The molecule has 0 fully saturated rings. The summed E-state index contributed by atoms with van der Waals surface area (Å²) in [6.07, 6.45) is 1.46. The monoisotopic (exact) mass is 411 g/mol. The van der Waals surface area contributed by atoms with Crippen molar-refractivity contribution < 1.29 is 9.53 Å². The average Bonchev–Trinajstić information content (AvgIpc) is 3.10. The molecule has 9 heteroatoms. The Morgan fingerprint density at radius 1 is 1.46 bits per heavy atom. The molecule has 0 spiro atoms. The van der Waals surface area contributed by atoms with Crippen molar-refractivity contribution in [2.75, 3.05) is 19.0 Å². The average molecular weight is 412 g/mol. The predicted molar refractivity (Wildman–Crippen MR) is 104 cm³/mol. The van der Waals surface area contributed by atoms with Crippen LogP contribution in [-0.2, 0) is 16.0 Å². The first kappa shape index (κ1) is 18.8. The van der Waals surface area contributed by atoms with Gasteiger partial charge in [-0.25, -0.2) is 4.98 Å². The van der Waals surface area contributed by atoms with Gasteiger partial charge in [-0.3, -0.25) is 9.59 Å². The number of thiazole rings is 1. The van der Waals surface area contributed by atoms with Crippen LogP contribution in [0.1, 0.15) is 16.6 Å². The lowest BCUT2D eigenvalue weighted by Crippen LogP contribution is -2.24. The minimum atomic E-state index is -0.612. The molecule has 1 unspecified atom stereocenters. The summed E-state index contributed by atoms with van der Waals surface area (Å²) in [6.45, 7) is 0.185. The number of nitrogens with zero attached hydrogens (tertiary/aromatic N) is 1. The van der Waals surface area contributed by atoms with Gasteiger partial charge in [0.25, 0.3) is 0 Å². The number of nitrogens with one attached hydrogen (secondary N) is 2. The Hall–Kier alpha value is -1.93. The van der Waals surface area contributed by atoms with Gasteiger partial charge in [0.2, 0.25) is 5.91 Å². The van der Waals surface area contributed by atoms with Gasteiger partial charge in [-0.1, -0.05) is 11.6 Å². The highest BCUT2D eigenvalue weighted by Gasteiger charge is 2.21. The van der Waals surface area contributed by atoms with E-state index in [2.05, 4.69) is 15.3 Å². The number of methoxy groups -OCH3 is 1. The molecule has 3 rings (SSSR count). The van der Waals surface area contributed by atoms with Gasteiger partial charge in [-0.2, -0.15) is 0 Å². The zero-order valence-electron chi connectivity index (χ0n) is 13.7. The third kappa shape index (κ3) is 4.07. The molecule has 0 aliphatic rings. The summed E-state index contributed by atoms with van der Waals surface area (Å²) in [7, 11) is 1.51. The molecule has 0 bridgehead atoms. The Bertz CT molecular complexity index is 989. The van der Waals surface area contributed by atoms with Gasteiger partial charge in [-0.05, 0) is 18.2 Å². The number of pyridine rings is 1. The molecule has 0 radical (unpaired) electrons. The van der Waals surface area contributed by atoms with Gasteiger partial charge in [0.15, 0.2) is 10.6 Å². The standard InChI is InChI=1S/C17H15Cl2N3O3S/c1-25-8-12(19)15-11(7-14(23)22-17-20-4-5-26-17)16(24)10-3-2-9(18)6-13(10)21-15/h2-6,12H,7-8H2,1H3,(H,21,24)(H,20,22,23). The van der Waals surface area contributed by atoms with E-state index >= 15 is 0 Å². The molecule has 26 heavy (non-hydrogen) atoms. The lowest BCUT2D eigenvalue weighted by molar-refractivity contribution is -0.115. The van der Waals surface area contributed by atoms with E-state index in [0.717, 1.165) is 0 Å². The van der Waals surface area contributed by atoms with Crippen LogP contribution in [0.2, 0.25) is 5.02 Å². The molecule has 2 N–H and O–H groups in total. The number of benzene rings is 1. The largest absolute Gasteiger partial charge is 0.383 e. The number of H-pyrrole nitrogens is 1. The zero-order chi connectivity index (χ0) is 18.7. The fraction of sp³-hybridized carbons (Fsp3) is 0.235. The first-order valence-electron chi connectivity index (χ1n) is 7.66. The first-order chi connectivity index (χ1) is 12.5. The van der Waals surface area contributed by atoms with E-state index in [1.165, 1.54) is 18.4 Å². The molecule has 1 aromatic carbocycles. The van der Waals surface area contributed by atoms with Crippen LogP contribution in [0.15, 0.2) is 34.6 Å². The highest BCUT2D eigenvalue weighted by Crippen LogP contribution is 2.25. The Labute approximate surface area is 163 Å². The number of hydrogen-bond donors (Lipinski definition) is 2. The van der Waals surface area contributed by atoms with E-state index in [4.69, 9.17) is 27.9 Å². The maximum Gasteiger partial charge on any atom is 0.230 e. The molecule has 2 aromatic heterocycles. The Morgan fingerprint density at radius 3 is 2.96 bits per heavy atom. The molecule has 1 amide bonds. The van der Waals surface area contributed by atoms with Crippen LogP contribution in [-0.4, -0.2) is 29.6 Å². The highest BCUT2D eigenvalue weighted by molar-refractivity contribution is 7.13. The van der Waals surface area contributed by atoms with Gasteiger partial charge in [0.1, 0.15) is 0 Å². The maximum absolute atomic E-state index is 13.0. The van der Waals surface area contributed by atoms with Crippen molar-refractivity contribution in [1.82, 2.24) is 9.97 Å². The Balaban J connectivity index is 2.04. The Morgan fingerprint density at radius 2 is 2.27 bits per heavy atom. The fourth-order valence-corrected chi connectivity index (χ4v) is 3.63. The molecule has 0 aliphatic carbocycles. The second kappa shape index (κ2) is 8.18. The molecule has 1 atom stereocenters. The number of carbonyl (C=O) groups excluding carboxylic acids is 1. The summed E-state index contributed by atoms with van der Waals surface area (Å²) in [4.78, 5) is 32.5. The third-order valence-corrected chi connectivity index (χ3v) is 5.00. The zero-order valence-corrected chi connectivity index (χ0v) is 16.0. The summed E-state index contributed by atoms with van der Waals surface area (Å²) in [5.74, 6) is -0.346. The number of halogens is 2. The van der Waals surface area contributed by atoms with E-state index in [1.807, 2.05) is 0 Å². The highest BCUT2D eigenvalue weighted by atomic mass is 35.5. The first-order valence-corrected chi connectivity index (χ1v) is 9.35. The minimum absolute atomic E-state index is 0.129. The number of alkyl halides is 1. The number of rotatable bonds is 6. The Kier molecular flexibility index (Phi) is 5.93. The van der Waals surface area contributed by atoms with Crippen LogP contribution in [0, 0.1) is 0 Å². The molecule has 0 saturated carbocycles. The molecule has 6 nitrogen and oxygen atoms in total. The van der Waals surface area contributed by atoms with Gasteiger partial charge < -0.3 is 15.0 Å². The molecule has 0 saturated heterocycles. The molecule has 3 aromatic rings. The van der Waals surface area contributed by atoms with Crippen molar-refractivity contribution in [2.24, 2.45) is 0 Å². The second-order valence-electron chi connectivity index (χ2n) is 5.52. The van der Waals surface area contributed by atoms with Gasteiger partial charge in [0.05, 0.1) is 23.9 Å². The van der Waals surface area contributed by atoms with Gasteiger partial charge in [0, 0.05) is 40.4 Å². The van der Waals surface area contributed by atoms with Crippen LogP contribution >= 0.6 is 34.5 Å². The van der Waals surface area contributed by atoms with Crippen LogP contribution in [0.5, 0.6) is 0 Å². The summed E-state index contributed by atoms with van der Waals surface area (Å²) in [6, 6.07) is 4.91. The minimum Gasteiger partial charge on any atom is -0.383 e. The summed E-state index contributed by atoms with van der Waals surface area (Å²) >= 11 is 13.7. The number of aromatic nitrogens is 2. The molecule has 2 heterocycles. The molecular formula is C17H15Cl2N3O3S. The van der Waals surface area contributed by atoms with Gasteiger partial charge >= 0.3 is 0 Å². The number of ether oxygens (including phenoxy) is 1. The van der Waals surface area contributed by atoms with Crippen molar-refractivity contribution in [3.8, 4) is 0 Å². The topological polar surface area (TPSA) is 84.1 Å². The van der Waals surface area contributed by atoms with Crippen LogP contribution in [0.25, 0.3) is 10.9 Å². The predicted octanol–water partition coefficient (Wildman–Crippen LogP) is 3.75. The number of anilines is 1. The summed E-state index contributed by atoms with van der Waals surface area (Å²) in [5.41, 5.74) is 1.04. The van der Waals surface area contributed by atoms with E-state index in [-0.39, 0.29) is 24.4 Å². The quantitative estimate of drug-likeness (QED) is 0.604. The molecular weight excluding hydrogens is 397 g/mol. The van der Waals surface area contributed by atoms with E-state index in [0.29, 0.717) is 32.3 Å². The molecule has 0 aliphatic heterocycles. The van der Waals surface area contributed by atoms with Gasteiger partial charge in [-0.15, -0.1) is 22.9 Å². The van der Waals surface area contributed by atoms with Crippen LogP contribution in [0.4, 0.5) is 5.13 Å². The summed E-state index contributed by atoms with van der Waals surface area (Å²) < 4.78 is 5.09. The van der Waals surface area contributed by atoms with E-state index in [1.54, 1.807) is 29.8 Å². The van der Waals surface area contributed by atoms with Crippen LogP contribution < -0.4 is 10.7 Å².